The first-order valence-electron chi connectivity index (χ1n) is 7.65. The fourth-order valence-corrected chi connectivity index (χ4v) is 2.90. The van der Waals surface area contributed by atoms with Crippen molar-refractivity contribution in [2.24, 2.45) is 0 Å². The molecule has 8 nitrogen and oxygen atoms in total. The van der Waals surface area contributed by atoms with Crippen molar-refractivity contribution in [1.29, 1.82) is 0 Å². The van der Waals surface area contributed by atoms with Crippen LogP contribution < -0.4 is 5.32 Å². The van der Waals surface area contributed by atoms with Crippen LogP contribution in [0.2, 0.25) is 15.1 Å². The molecule has 1 amide bonds. The lowest BCUT2D eigenvalue weighted by molar-refractivity contribution is 0.101. The van der Waals surface area contributed by atoms with Crippen LogP contribution in [-0.2, 0) is 6.54 Å². The van der Waals surface area contributed by atoms with Gasteiger partial charge in [0.2, 0.25) is 5.82 Å². The van der Waals surface area contributed by atoms with Gasteiger partial charge in [0, 0.05) is 18.6 Å². The highest BCUT2D eigenvalue weighted by Gasteiger charge is 2.17. The standard InChI is InChI=1S/C16H10Cl3N7O/c17-10-3-2-9(6-11(10)18)7-25-8-12(19)13(23-25)21-15(27)14-22-16-20-4-1-5-26(16)24-14/h1-6,8H,7H2,(H,21,23,27). The molecule has 0 radical (unpaired) electrons. The predicted octanol–water partition coefficient (Wildman–Crippen LogP) is 3.58. The SMILES string of the molecule is O=C(Nc1nn(Cc2ccc(Cl)c(Cl)c2)cc1Cl)c1nc2ncccn2n1. The van der Waals surface area contributed by atoms with Crippen LogP contribution in [-0.4, -0.2) is 35.3 Å². The summed E-state index contributed by atoms with van der Waals surface area (Å²) >= 11 is 18.1. The number of hydrogen-bond donors (Lipinski definition) is 1. The number of nitrogens with zero attached hydrogens (tertiary/aromatic N) is 6. The molecule has 0 spiro atoms. The molecule has 4 aromatic rings. The minimum absolute atomic E-state index is 0.0381. The summed E-state index contributed by atoms with van der Waals surface area (Å²) in [7, 11) is 0. The van der Waals surface area contributed by atoms with E-state index in [0.29, 0.717) is 22.4 Å². The van der Waals surface area contributed by atoms with E-state index in [4.69, 9.17) is 34.8 Å². The van der Waals surface area contributed by atoms with E-state index in [9.17, 15) is 4.79 Å². The zero-order valence-electron chi connectivity index (χ0n) is 13.5. The third-order valence-corrected chi connectivity index (χ3v) is 4.61. The quantitative estimate of drug-likeness (QED) is 0.543. The second-order valence-electron chi connectivity index (χ2n) is 5.53. The summed E-state index contributed by atoms with van der Waals surface area (Å²) in [5, 5.41) is 12.1. The molecule has 0 saturated carbocycles. The van der Waals surface area contributed by atoms with Gasteiger partial charge in [0.15, 0.2) is 5.82 Å². The van der Waals surface area contributed by atoms with Gasteiger partial charge in [0.1, 0.15) is 5.02 Å². The number of rotatable bonds is 4. The van der Waals surface area contributed by atoms with E-state index in [1.807, 2.05) is 6.07 Å². The van der Waals surface area contributed by atoms with Crippen molar-refractivity contribution < 1.29 is 4.79 Å². The van der Waals surface area contributed by atoms with Crippen molar-refractivity contribution >= 4 is 52.3 Å². The molecule has 0 atom stereocenters. The fraction of sp³-hybridized carbons (Fsp3) is 0.0625. The molecule has 0 aliphatic heterocycles. The Labute approximate surface area is 167 Å². The van der Waals surface area contributed by atoms with Gasteiger partial charge in [-0.05, 0) is 23.8 Å². The topological polar surface area (TPSA) is 90.0 Å². The highest BCUT2D eigenvalue weighted by molar-refractivity contribution is 6.42. The molecule has 0 unspecified atom stereocenters. The number of benzene rings is 1. The van der Waals surface area contributed by atoms with Crippen LogP contribution in [0.5, 0.6) is 0 Å². The van der Waals surface area contributed by atoms with E-state index in [1.165, 1.54) is 4.52 Å². The molecule has 0 saturated heterocycles. The van der Waals surface area contributed by atoms with E-state index < -0.39 is 5.91 Å². The van der Waals surface area contributed by atoms with Crippen LogP contribution >= 0.6 is 34.8 Å². The Balaban J connectivity index is 1.52. The molecule has 0 aliphatic carbocycles. The number of nitrogens with one attached hydrogen (secondary N) is 1. The van der Waals surface area contributed by atoms with Gasteiger partial charge in [0.25, 0.3) is 11.7 Å². The number of carbonyl (C=O) groups is 1. The van der Waals surface area contributed by atoms with Crippen molar-refractivity contribution in [3.05, 3.63) is 69.3 Å². The maximum Gasteiger partial charge on any atom is 0.296 e. The van der Waals surface area contributed by atoms with Gasteiger partial charge in [-0.25, -0.2) is 9.50 Å². The van der Waals surface area contributed by atoms with Gasteiger partial charge in [-0.3, -0.25) is 9.48 Å². The molecule has 27 heavy (non-hydrogen) atoms. The third kappa shape index (κ3) is 3.73. The van der Waals surface area contributed by atoms with Crippen molar-refractivity contribution in [2.75, 3.05) is 5.32 Å². The number of fused-ring (bicyclic) bond motifs is 1. The van der Waals surface area contributed by atoms with Crippen LogP contribution in [0.25, 0.3) is 5.78 Å². The van der Waals surface area contributed by atoms with E-state index in [1.54, 1.807) is 41.5 Å². The van der Waals surface area contributed by atoms with Crippen LogP contribution in [0.1, 0.15) is 16.2 Å². The molecular weight excluding hydrogens is 413 g/mol. The van der Waals surface area contributed by atoms with Crippen molar-refractivity contribution in [2.45, 2.75) is 6.54 Å². The third-order valence-electron chi connectivity index (χ3n) is 3.60. The molecule has 11 heteroatoms. The maximum absolute atomic E-state index is 12.4. The van der Waals surface area contributed by atoms with Gasteiger partial charge >= 0.3 is 0 Å². The number of hydrogen-bond acceptors (Lipinski definition) is 5. The first-order valence-corrected chi connectivity index (χ1v) is 8.78. The second kappa shape index (κ2) is 7.15. The van der Waals surface area contributed by atoms with Crippen molar-refractivity contribution in [3.8, 4) is 0 Å². The molecule has 0 bridgehead atoms. The molecule has 3 heterocycles. The minimum Gasteiger partial charge on any atom is -0.301 e. The van der Waals surface area contributed by atoms with Gasteiger partial charge in [-0.1, -0.05) is 40.9 Å². The molecule has 1 aromatic carbocycles. The largest absolute Gasteiger partial charge is 0.301 e. The van der Waals surface area contributed by atoms with E-state index in [0.717, 1.165) is 5.56 Å². The first kappa shape index (κ1) is 17.7. The highest BCUT2D eigenvalue weighted by atomic mass is 35.5. The Morgan fingerprint density at radius 2 is 1.96 bits per heavy atom. The van der Waals surface area contributed by atoms with Crippen LogP contribution in [0.4, 0.5) is 5.82 Å². The zero-order valence-corrected chi connectivity index (χ0v) is 15.7. The number of carbonyl (C=O) groups excluding carboxylic acids is 1. The maximum atomic E-state index is 12.4. The Kier molecular flexibility index (Phi) is 4.69. The fourth-order valence-electron chi connectivity index (χ4n) is 2.38. The Morgan fingerprint density at radius 3 is 2.74 bits per heavy atom. The molecule has 1 N–H and O–H groups in total. The van der Waals surface area contributed by atoms with Crippen molar-refractivity contribution in [3.63, 3.8) is 0 Å². The lowest BCUT2D eigenvalue weighted by Gasteiger charge is -2.03. The molecule has 0 fully saturated rings. The summed E-state index contributed by atoms with van der Waals surface area (Å²) in [6.07, 6.45) is 4.80. The van der Waals surface area contributed by atoms with E-state index >= 15 is 0 Å². The minimum atomic E-state index is -0.540. The first-order chi connectivity index (χ1) is 13.0. The highest BCUT2D eigenvalue weighted by Crippen LogP contribution is 2.24. The average molecular weight is 423 g/mol. The van der Waals surface area contributed by atoms with Crippen LogP contribution in [0.15, 0.2) is 42.9 Å². The molecule has 136 valence electrons. The normalized spacial score (nSPS) is 11.1. The number of halogens is 3. The van der Waals surface area contributed by atoms with Gasteiger partial charge in [-0.15, -0.1) is 5.10 Å². The van der Waals surface area contributed by atoms with E-state index in [-0.39, 0.29) is 16.7 Å². The lowest BCUT2D eigenvalue weighted by atomic mass is 10.2. The average Bonchev–Trinajstić information content (AvgIpc) is 3.22. The predicted molar refractivity (Wildman–Crippen MR) is 102 cm³/mol. The van der Waals surface area contributed by atoms with Crippen LogP contribution in [0.3, 0.4) is 0 Å². The monoisotopic (exact) mass is 421 g/mol. The Bertz CT molecular complexity index is 1120. The molecule has 4 rings (SSSR count). The van der Waals surface area contributed by atoms with Crippen molar-refractivity contribution in [1.82, 2.24) is 29.4 Å². The molecule has 3 aromatic heterocycles. The summed E-state index contributed by atoms with van der Waals surface area (Å²) in [5.74, 6) is -0.0570. The van der Waals surface area contributed by atoms with E-state index in [2.05, 4.69) is 25.5 Å². The molecular formula is C16H10Cl3N7O. The van der Waals surface area contributed by atoms with Gasteiger partial charge in [-0.2, -0.15) is 10.1 Å². The number of anilines is 1. The summed E-state index contributed by atoms with van der Waals surface area (Å²) in [6, 6.07) is 6.96. The molecule has 0 aliphatic rings. The summed E-state index contributed by atoms with van der Waals surface area (Å²) < 4.78 is 2.98. The lowest BCUT2D eigenvalue weighted by Crippen LogP contribution is -2.15. The smallest absolute Gasteiger partial charge is 0.296 e. The van der Waals surface area contributed by atoms with Gasteiger partial charge in [0.05, 0.1) is 16.6 Å². The Hall–Kier alpha value is -2.68. The zero-order chi connectivity index (χ0) is 19.0. The summed E-state index contributed by atoms with van der Waals surface area (Å²) in [4.78, 5) is 20.4. The van der Waals surface area contributed by atoms with Gasteiger partial charge < -0.3 is 5.32 Å². The second-order valence-corrected chi connectivity index (χ2v) is 6.75. The Morgan fingerprint density at radius 1 is 1.11 bits per heavy atom. The number of amides is 1. The number of aromatic nitrogens is 6. The summed E-state index contributed by atoms with van der Waals surface area (Å²) in [5.41, 5.74) is 0.884. The van der Waals surface area contributed by atoms with Crippen LogP contribution in [0, 0.1) is 0 Å². The summed E-state index contributed by atoms with van der Waals surface area (Å²) in [6.45, 7) is 0.406.